The number of amides is 1. The van der Waals surface area contributed by atoms with Crippen molar-refractivity contribution in [3.63, 3.8) is 0 Å². The normalized spacial score (nSPS) is 11.8. The first-order valence-corrected chi connectivity index (χ1v) is 9.17. The largest absolute Gasteiger partial charge is 0.497 e. The van der Waals surface area contributed by atoms with E-state index in [0.29, 0.717) is 18.7 Å². The Morgan fingerprint density at radius 2 is 1.61 bits per heavy atom. The Morgan fingerprint density at radius 1 is 0.964 bits per heavy atom. The van der Waals surface area contributed by atoms with Crippen molar-refractivity contribution in [3.05, 3.63) is 65.7 Å². The van der Waals surface area contributed by atoms with Crippen LogP contribution in [0.1, 0.15) is 28.4 Å². The molecule has 0 aliphatic rings. The van der Waals surface area contributed by atoms with Gasteiger partial charge in [0.1, 0.15) is 5.75 Å². The maximum atomic E-state index is 13.1. The SMILES string of the molecule is COC(=O)CCN(CC(c1ccc(OC)cc1)N(C)C)C(=O)c1ccccc1. The van der Waals surface area contributed by atoms with Gasteiger partial charge in [0.05, 0.1) is 26.7 Å². The summed E-state index contributed by atoms with van der Waals surface area (Å²) in [5, 5.41) is 0. The number of likely N-dealkylation sites (N-methyl/N-ethyl adjacent to an activating group) is 1. The van der Waals surface area contributed by atoms with Crippen LogP contribution in [-0.4, -0.2) is 63.1 Å². The van der Waals surface area contributed by atoms with E-state index in [1.165, 1.54) is 7.11 Å². The molecule has 0 heterocycles. The third-order valence-electron chi connectivity index (χ3n) is 4.64. The lowest BCUT2D eigenvalue weighted by atomic mass is 10.0. The van der Waals surface area contributed by atoms with E-state index in [2.05, 4.69) is 4.90 Å². The number of hydrogen-bond donors (Lipinski definition) is 0. The van der Waals surface area contributed by atoms with E-state index in [9.17, 15) is 9.59 Å². The molecule has 150 valence electrons. The minimum atomic E-state index is -0.336. The van der Waals surface area contributed by atoms with Crippen LogP contribution in [0.5, 0.6) is 5.75 Å². The summed E-state index contributed by atoms with van der Waals surface area (Å²) in [6.07, 6.45) is 0.151. The van der Waals surface area contributed by atoms with Crippen molar-refractivity contribution in [2.24, 2.45) is 0 Å². The number of benzene rings is 2. The number of rotatable bonds is 9. The van der Waals surface area contributed by atoms with E-state index in [-0.39, 0.29) is 24.3 Å². The van der Waals surface area contributed by atoms with Gasteiger partial charge in [-0.05, 0) is 43.9 Å². The molecule has 0 fully saturated rings. The molecular formula is C22H28N2O4. The highest BCUT2D eigenvalue weighted by Crippen LogP contribution is 2.23. The number of methoxy groups -OCH3 is 2. The zero-order valence-corrected chi connectivity index (χ0v) is 16.9. The molecule has 0 N–H and O–H groups in total. The third-order valence-corrected chi connectivity index (χ3v) is 4.64. The highest BCUT2D eigenvalue weighted by atomic mass is 16.5. The van der Waals surface area contributed by atoms with Gasteiger partial charge in [-0.2, -0.15) is 0 Å². The molecule has 0 bridgehead atoms. The second-order valence-electron chi connectivity index (χ2n) is 6.70. The van der Waals surface area contributed by atoms with Crippen molar-refractivity contribution in [2.75, 3.05) is 41.4 Å². The van der Waals surface area contributed by atoms with Crippen LogP contribution in [0.4, 0.5) is 0 Å². The highest BCUT2D eigenvalue weighted by molar-refractivity contribution is 5.94. The van der Waals surface area contributed by atoms with E-state index in [1.54, 1.807) is 24.1 Å². The van der Waals surface area contributed by atoms with Gasteiger partial charge in [0.25, 0.3) is 5.91 Å². The molecule has 0 radical (unpaired) electrons. The Morgan fingerprint density at radius 3 is 2.14 bits per heavy atom. The van der Waals surface area contributed by atoms with Gasteiger partial charge in [-0.15, -0.1) is 0 Å². The number of esters is 1. The summed E-state index contributed by atoms with van der Waals surface area (Å²) >= 11 is 0. The number of ether oxygens (including phenoxy) is 2. The molecule has 2 aromatic carbocycles. The van der Waals surface area contributed by atoms with Gasteiger partial charge in [0.15, 0.2) is 0 Å². The van der Waals surface area contributed by atoms with E-state index < -0.39 is 0 Å². The van der Waals surface area contributed by atoms with Crippen LogP contribution in [-0.2, 0) is 9.53 Å². The average Bonchev–Trinajstić information content (AvgIpc) is 2.73. The molecule has 2 aromatic rings. The van der Waals surface area contributed by atoms with Crippen LogP contribution in [0.15, 0.2) is 54.6 Å². The summed E-state index contributed by atoms with van der Waals surface area (Å²) in [5.41, 5.74) is 1.66. The van der Waals surface area contributed by atoms with Crippen molar-refractivity contribution >= 4 is 11.9 Å². The molecule has 0 aliphatic carbocycles. The quantitative estimate of drug-likeness (QED) is 0.622. The molecular weight excluding hydrogens is 356 g/mol. The van der Waals surface area contributed by atoms with Gasteiger partial charge in [-0.3, -0.25) is 9.59 Å². The first-order valence-electron chi connectivity index (χ1n) is 9.17. The van der Waals surface area contributed by atoms with Crippen molar-refractivity contribution in [1.29, 1.82) is 0 Å². The fourth-order valence-corrected chi connectivity index (χ4v) is 2.97. The average molecular weight is 384 g/mol. The van der Waals surface area contributed by atoms with Gasteiger partial charge in [-0.1, -0.05) is 30.3 Å². The van der Waals surface area contributed by atoms with Crippen molar-refractivity contribution in [2.45, 2.75) is 12.5 Å². The molecule has 1 atom stereocenters. The molecule has 28 heavy (non-hydrogen) atoms. The van der Waals surface area contributed by atoms with Crippen LogP contribution in [0.25, 0.3) is 0 Å². The predicted octanol–water partition coefficient (Wildman–Crippen LogP) is 3.00. The van der Waals surface area contributed by atoms with Crippen LogP contribution in [0.3, 0.4) is 0 Å². The minimum absolute atomic E-state index is 0.0313. The Labute approximate surface area is 166 Å². The molecule has 0 aromatic heterocycles. The fourth-order valence-electron chi connectivity index (χ4n) is 2.97. The monoisotopic (exact) mass is 384 g/mol. The Kier molecular flexibility index (Phi) is 8.02. The number of nitrogens with zero attached hydrogens (tertiary/aromatic N) is 2. The molecule has 0 saturated heterocycles. The molecule has 6 heteroatoms. The van der Waals surface area contributed by atoms with Crippen molar-refractivity contribution in [3.8, 4) is 5.75 Å². The molecule has 0 saturated carbocycles. The number of carbonyl (C=O) groups excluding carboxylic acids is 2. The van der Waals surface area contributed by atoms with Gasteiger partial charge in [0, 0.05) is 18.7 Å². The van der Waals surface area contributed by atoms with Gasteiger partial charge in [-0.25, -0.2) is 0 Å². The lowest BCUT2D eigenvalue weighted by molar-refractivity contribution is -0.140. The molecule has 2 rings (SSSR count). The van der Waals surface area contributed by atoms with Crippen LogP contribution in [0, 0.1) is 0 Å². The number of carbonyl (C=O) groups is 2. The van der Waals surface area contributed by atoms with Gasteiger partial charge in [0.2, 0.25) is 0 Å². The Balaban J connectivity index is 2.25. The van der Waals surface area contributed by atoms with E-state index in [4.69, 9.17) is 9.47 Å². The van der Waals surface area contributed by atoms with Crippen LogP contribution in [0.2, 0.25) is 0 Å². The molecule has 1 unspecified atom stereocenters. The summed E-state index contributed by atoms with van der Waals surface area (Å²) in [6.45, 7) is 0.741. The molecule has 1 amide bonds. The van der Waals surface area contributed by atoms with Gasteiger partial charge >= 0.3 is 5.97 Å². The lowest BCUT2D eigenvalue weighted by Crippen LogP contribution is -2.40. The van der Waals surface area contributed by atoms with Crippen LogP contribution < -0.4 is 4.74 Å². The maximum absolute atomic E-state index is 13.1. The lowest BCUT2D eigenvalue weighted by Gasteiger charge is -2.32. The van der Waals surface area contributed by atoms with E-state index in [0.717, 1.165) is 11.3 Å². The highest BCUT2D eigenvalue weighted by Gasteiger charge is 2.23. The maximum Gasteiger partial charge on any atom is 0.307 e. The molecule has 0 spiro atoms. The molecule has 6 nitrogen and oxygen atoms in total. The summed E-state index contributed by atoms with van der Waals surface area (Å²) in [5.74, 6) is 0.339. The molecule has 0 aliphatic heterocycles. The van der Waals surface area contributed by atoms with Crippen LogP contribution >= 0.6 is 0 Å². The summed E-state index contributed by atoms with van der Waals surface area (Å²) in [6, 6.07) is 16.9. The van der Waals surface area contributed by atoms with E-state index in [1.807, 2.05) is 56.6 Å². The zero-order valence-electron chi connectivity index (χ0n) is 16.9. The van der Waals surface area contributed by atoms with Crippen molar-refractivity contribution in [1.82, 2.24) is 9.80 Å². The smallest absolute Gasteiger partial charge is 0.307 e. The zero-order chi connectivity index (χ0) is 20.5. The topological polar surface area (TPSA) is 59.1 Å². The van der Waals surface area contributed by atoms with E-state index >= 15 is 0 Å². The Bertz CT molecular complexity index is 760. The first kappa shape index (κ1) is 21.4. The fraction of sp³-hybridized carbons (Fsp3) is 0.364. The third kappa shape index (κ3) is 5.82. The standard InChI is InChI=1S/C22H28N2O4/c1-23(2)20(17-10-12-19(27-3)13-11-17)16-24(15-14-21(25)28-4)22(26)18-8-6-5-7-9-18/h5-13,20H,14-16H2,1-4H3. The predicted molar refractivity (Wildman–Crippen MR) is 108 cm³/mol. The number of hydrogen-bond acceptors (Lipinski definition) is 5. The second kappa shape index (κ2) is 10.5. The summed E-state index contributed by atoms with van der Waals surface area (Å²) in [4.78, 5) is 28.5. The van der Waals surface area contributed by atoms with Gasteiger partial charge < -0.3 is 19.3 Å². The first-order chi connectivity index (χ1) is 13.5. The minimum Gasteiger partial charge on any atom is -0.497 e. The Hall–Kier alpha value is -2.86. The summed E-state index contributed by atoms with van der Waals surface area (Å²) in [7, 11) is 6.93. The van der Waals surface area contributed by atoms with Crippen molar-refractivity contribution < 1.29 is 19.1 Å². The second-order valence-corrected chi connectivity index (χ2v) is 6.70. The summed E-state index contributed by atoms with van der Waals surface area (Å²) < 4.78 is 9.98.